The van der Waals surface area contributed by atoms with E-state index in [2.05, 4.69) is 13.5 Å². The van der Waals surface area contributed by atoms with Crippen molar-refractivity contribution in [2.45, 2.75) is 52.1 Å². The van der Waals surface area contributed by atoms with E-state index >= 15 is 0 Å². The molecule has 1 unspecified atom stereocenters. The molecule has 0 aromatic carbocycles. The van der Waals surface area contributed by atoms with Crippen LogP contribution in [0.2, 0.25) is 0 Å². The maximum Gasteiger partial charge on any atom is 0.303 e. The van der Waals surface area contributed by atoms with Gasteiger partial charge in [0.1, 0.15) is 0 Å². The summed E-state index contributed by atoms with van der Waals surface area (Å²) in [5, 5.41) is 0. The van der Waals surface area contributed by atoms with Crippen molar-refractivity contribution in [1.82, 2.24) is 0 Å². The Morgan fingerprint density at radius 3 is 2.47 bits per heavy atom. The topological polar surface area (TPSA) is 43.4 Å². The van der Waals surface area contributed by atoms with E-state index in [0.29, 0.717) is 6.42 Å². The van der Waals surface area contributed by atoms with E-state index in [1.807, 2.05) is 0 Å². The minimum absolute atomic E-state index is 0.207. The highest BCUT2D eigenvalue weighted by atomic mass is 16.5. The van der Waals surface area contributed by atoms with Gasteiger partial charge in [0.15, 0.2) is 11.9 Å². The molecule has 3 heteroatoms. The summed E-state index contributed by atoms with van der Waals surface area (Å²) in [5.74, 6) is -0.618. The van der Waals surface area contributed by atoms with Crippen LogP contribution >= 0.6 is 0 Å². The molecule has 0 spiro atoms. The average molecular weight is 212 g/mol. The van der Waals surface area contributed by atoms with Gasteiger partial charge in [-0.15, -0.1) is 0 Å². The molecule has 0 N–H and O–H groups in total. The molecule has 0 bridgehead atoms. The van der Waals surface area contributed by atoms with Crippen LogP contribution in [0.5, 0.6) is 0 Å². The van der Waals surface area contributed by atoms with E-state index < -0.39 is 12.1 Å². The molecule has 0 saturated carbocycles. The van der Waals surface area contributed by atoms with E-state index in [9.17, 15) is 9.59 Å². The van der Waals surface area contributed by atoms with Gasteiger partial charge in [0.05, 0.1) is 0 Å². The first kappa shape index (κ1) is 13.9. The molecule has 0 saturated heterocycles. The molecule has 0 rings (SSSR count). The molecule has 1 atom stereocenters. The summed E-state index contributed by atoms with van der Waals surface area (Å²) in [4.78, 5) is 22.1. The highest BCUT2D eigenvalue weighted by molar-refractivity contribution is 5.94. The molecule has 0 heterocycles. The summed E-state index contributed by atoms with van der Waals surface area (Å²) >= 11 is 0. The molecule has 0 amide bonds. The second-order valence-electron chi connectivity index (χ2n) is 3.55. The highest BCUT2D eigenvalue weighted by Gasteiger charge is 2.17. The molecular formula is C12H20O3. The highest BCUT2D eigenvalue weighted by Crippen LogP contribution is 2.10. The molecule has 86 valence electrons. The smallest absolute Gasteiger partial charge is 0.303 e. The van der Waals surface area contributed by atoms with E-state index in [-0.39, 0.29) is 5.78 Å². The third kappa shape index (κ3) is 6.89. The number of carbonyl (C=O) groups excluding carboxylic acids is 2. The molecule has 15 heavy (non-hydrogen) atoms. The number of esters is 1. The van der Waals surface area contributed by atoms with Gasteiger partial charge >= 0.3 is 5.97 Å². The first-order valence-corrected chi connectivity index (χ1v) is 5.45. The monoisotopic (exact) mass is 212 g/mol. The average Bonchev–Trinajstić information content (AvgIpc) is 2.21. The van der Waals surface area contributed by atoms with Crippen molar-refractivity contribution >= 4 is 11.8 Å². The van der Waals surface area contributed by atoms with Gasteiger partial charge in [0, 0.05) is 6.92 Å². The number of ether oxygens (including phenoxy) is 1. The van der Waals surface area contributed by atoms with Crippen molar-refractivity contribution in [3.05, 3.63) is 12.7 Å². The Labute approximate surface area is 91.5 Å². The van der Waals surface area contributed by atoms with Gasteiger partial charge in [-0.25, -0.2) is 0 Å². The Balaban J connectivity index is 3.96. The van der Waals surface area contributed by atoms with Gasteiger partial charge in [-0.05, 0) is 18.9 Å². The van der Waals surface area contributed by atoms with Crippen LogP contribution in [0.4, 0.5) is 0 Å². The van der Waals surface area contributed by atoms with Gasteiger partial charge in [-0.2, -0.15) is 0 Å². The lowest BCUT2D eigenvalue weighted by molar-refractivity contribution is -0.151. The molecular weight excluding hydrogens is 192 g/mol. The second kappa shape index (κ2) is 8.21. The lowest BCUT2D eigenvalue weighted by Crippen LogP contribution is -2.24. The Hall–Kier alpha value is -1.12. The molecule has 0 fully saturated rings. The summed E-state index contributed by atoms with van der Waals surface area (Å²) in [6.45, 7) is 6.83. The number of rotatable bonds is 8. The Morgan fingerprint density at radius 1 is 1.33 bits per heavy atom. The van der Waals surface area contributed by atoms with Crippen molar-refractivity contribution in [3.8, 4) is 0 Å². The first-order valence-electron chi connectivity index (χ1n) is 5.45. The zero-order valence-corrected chi connectivity index (χ0v) is 9.62. The van der Waals surface area contributed by atoms with Gasteiger partial charge in [-0.1, -0.05) is 32.8 Å². The number of unbranched alkanes of at least 4 members (excludes halogenated alkanes) is 3. The molecule has 0 aromatic heterocycles. The Morgan fingerprint density at radius 2 is 2.00 bits per heavy atom. The quantitative estimate of drug-likeness (QED) is 0.353. The lowest BCUT2D eigenvalue weighted by Gasteiger charge is -2.13. The fourth-order valence-electron chi connectivity index (χ4n) is 1.35. The predicted octanol–water partition coefficient (Wildman–Crippen LogP) is 2.64. The van der Waals surface area contributed by atoms with E-state index in [1.54, 1.807) is 0 Å². The second-order valence-corrected chi connectivity index (χ2v) is 3.55. The normalized spacial score (nSPS) is 11.9. The largest absolute Gasteiger partial charge is 0.454 e. The van der Waals surface area contributed by atoms with Crippen molar-refractivity contribution in [2.24, 2.45) is 0 Å². The maximum absolute atomic E-state index is 11.3. The van der Waals surface area contributed by atoms with Crippen molar-refractivity contribution in [3.63, 3.8) is 0 Å². The van der Waals surface area contributed by atoms with Crippen molar-refractivity contribution in [2.75, 3.05) is 0 Å². The molecule has 0 aliphatic rings. The lowest BCUT2D eigenvalue weighted by atomic mass is 10.1. The third-order valence-corrected chi connectivity index (χ3v) is 2.15. The molecule has 0 aromatic rings. The summed E-state index contributed by atoms with van der Waals surface area (Å²) in [5.41, 5.74) is 0. The fourth-order valence-corrected chi connectivity index (χ4v) is 1.35. The number of hydrogen-bond acceptors (Lipinski definition) is 3. The van der Waals surface area contributed by atoms with Crippen LogP contribution in [0.1, 0.15) is 46.0 Å². The molecule has 0 aliphatic carbocycles. The molecule has 3 nitrogen and oxygen atoms in total. The fraction of sp³-hybridized carbons (Fsp3) is 0.667. The van der Waals surface area contributed by atoms with Crippen LogP contribution in [0.25, 0.3) is 0 Å². The standard InChI is InChI=1S/C12H20O3/c1-4-6-7-8-9-12(11(14)5-2)15-10(3)13/h5,12H,2,4,6-9H2,1,3H3. The van der Waals surface area contributed by atoms with Crippen LogP contribution in [0.3, 0.4) is 0 Å². The Bertz CT molecular complexity index is 221. The number of hydrogen-bond donors (Lipinski definition) is 0. The zero-order chi connectivity index (χ0) is 11.7. The number of carbonyl (C=O) groups is 2. The van der Waals surface area contributed by atoms with Gasteiger partial charge < -0.3 is 4.74 Å². The van der Waals surface area contributed by atoms with Crippen LogP contribution in [-0.2, 0) is 14.3 Å². The Kier molecular flexibility index (Phi) is 7.60. The van der Waals surface area contributed by atoms with Gasteiger partial charge in [0.25, 0.3) is 0 Å². The molecule has 0 aliphatic heterocycles. The maximum atomic E-state index is 11.3. The van der Waals surface area contributed by atoms with Crippen LogP contribution < -0.4 is 0 Å². The van der Waals surface area contributed by atoms with Crippen molar-refractivity contribution < 1.29 is 14.3 Å². The molecule has 0 radical (unpaired) electrons. The van der Waals surface area contributed by atoms with Gasteiger partial charge in [-0.3, -0.25) is 9.59 Å². The van der Waals surface area contributed by atoms with Crippen LogP contribution in [-0.4, -0.2) is 17.9 Å². The summed E-state index contributed by atoms with van der Waals surface area (Å²) in [7, 11) is 0. The minimum atomic E-state index is -0.628. The summed E-state index contributed by atoms with van der Waals surface area (Å²) < 4.78 is 4.92. The van der Waals surface area contributed by atoms with Crippen LogP contribution in [0.15, 0.2) is 12.7 Å². The first-order chi connectivity index (χ1) is 7.11. The van der Waals surface area contributed by atoms with Crippen LogP contribution in [0, 0.1) is 0 Å². The number of ketones is 1. The van der Waals surface area contributed by atoms with Gasteiger partial charge in [0.2, 0.25) is 0 Å². The minimum Gasteiger partial charge on any atom is -0.454 e. The van der Waals surface area contributed by atoms with E-state index in [1.165, 1.54) is 13.0 Å². The summed E-state index contributed by atoms with van der Waals surface area (Å²) in [6, 6.07) is 0. The van der Waals surface area contributed by atoms with E-state index in [0.717, 1.165) is 25.7 Å². The zero-order valence-electron chi connectivity index (χ0n) is 9.62. The third-order valence-electron chi connectivity index (χ3n) is 2.15. The summed E-state index contributed by atoms with van der Waals surface area (Å²) in [6.07, 6.45) is 5.46. The van der Waals surface area contributed by atoms with Crippen molar-refractivity contribution in [1.29, 1.82) is 0 Å². The predicted molar refractivity (Wildman–Crippen MR) is 59.5 cm³/mol. The van der Waals surface area contributed by atoms with E-state index in [4.69, 9.17) is 4.74 Å². The SMILES string of the molecule is C=CC(=O)C(CCCCCC)OC(C)=O.